The molecule has 0 aliphatic heterocycles. The fourth-order valence-electron chi connectivity index (χ4n) is 1.85. The molecule has 1 heterocycles. The Bertz CT molecular complexity index is 592. The van der Waals surface area contributed by atoms with Crippen LogP contribution in [0.4, 0.5) is 23.0 Å². The quantitative estimate of drug-likeness (QED) is 0.579. The lowest BCUT2D eigenvalue weighted by Gasteiger charge is -2.14. The van der Waals surface area contributed by atoms with Crippen molar-refractivity contribution in [1.82, 2.24) is 9.97 Å². The Balaban J connectivity index is 2.24. The summed E-state index contributed by atoms with van der Waals surface area (Å²) in [4.78, 5) is 10.9. The number of benzene rings is 1. The van der Waals surface area contributed by atoms with E-state index < -0.39 is 0 Å². The van der Waals surface area contributed by atoms with Gasteiger partial charge >= 0.3 is 0 Å². The van der Waals surface area contributed by atoms with Gasteiger partial charge in [0.15, 0.2) is 0 Å². The largest absolute Gasteiger partial charge is 0.378 e. The molecule has 0 unspecified atom stereocenters. The van der Waals surface area contributed by atoms with E-state index in [2.05, 4.69) is 37.7 Å². The summed E-state index contributed by atoms with van der Waals surface area (Å²) in [5.41, 5.74) is 4.69. The van der Waals surface area contributed by atoms with E-state index in [4.69, 9.17) is 5.84 Å². The highest BCUT2D eigenvalue weighted by Gasteiger charge is 2.08. The van der Waals surface area contributed by atoms with E-state index in [1.165, 1.54) is 0 Å². The maximum absolute atomic E-state index is 5.46. The van der Waals surface area contributed by atoms with Gasteiger partial charge in [-0.2, -0.15) is 0 Å². The van der Waals surface area contributed by atoms with Gasteiger partial charge < -0.3 is 15.6 Å². The van der Waals surface area contributed by atoms with E-state index in [9.17, 15) is 0 Å². The highest BCUT2D eigenvalue weighted by Crippen LogP contribution is 2.22. The Kier molecular flexibility index (Phi) is 4.59. The zero-order valence-electron chi connectivity index (χ0n) is 12.9. The molecule has 6 nitrogen and oxygen atoms in total. The van der Waals surface area contributed by atoms with Gasteiger partial charge in [-0.15, -0.1) is 0 Å². The van der Waals surface area contributed by atoms with E-state index in [1.54, 1.807) is 6.07 Å². The second-order valence-corrected chi connectivity index (χ2v) is 5.36. The molecule has 2 rings (SSSR count). The van der Waals surface area contributed by atoms with E-state index >= 15 is 0 Å². The molecule has 0 bridgehead atoms. The Morgan fingerprint density at radius 1 is 1.05 bits per heavy atom. The lowest BCUT2D eigenvalue weighted by molar-refractivity contribution is 0.777. The molecule has 2 aromatic rings. The molecule has 0 radical (unpaired) electrons. The van der Waals surface area contributed by atoms with Gasteiger partial charge in [0.25, 0.3) is 0 Å². The highest BCUT2D eigenvalue weighted by atomic mass is 15.3. The number of aromatic nitrogens is 2. The van der Waals surface area contributed by atoms with Gasteiger partial charge in [-0.3, -0.25) is 0 Å². The van der Waals surface area contributed by atoms with Crippen molar-refractivity contribution >= 4 is 23.0 Å². The molecule has 21 heavy (non-hydrogen) atoms. The smallest absolute Gasteiger partial charge is 0.145 e. The molecule has 1 aromatic carbocycles. The van der Waals surface area contributed by atoms with Crippen LogP contribution in [-0.2, 0) is 0 Å². The summed E-state index contributed by atoms with van der Waals surface area (Å²) in [7, 11) is 4.03. The summed E-state index contributed by atoms with van der Waals surface area (Å²) in [6.45, 7) is 4.09. The number of hydrogen-bond acceptors (Lipinski definition) is 6. The summed E-state index contributed by atoms with van der Waals surface area (Å²) >= 11 is 0. The van der Waals surface area contributed by atoms with E-state index in [0.717, 1.165) is 23.0 Å². The van der Waals surface area contributed by atoms with Crippen molar-refractivity contribution in [3.63, 3.8) is 0 Å². The minimum Gasteiger partial charge on any atom is -0.378 e. The summed E-state index contributed by atoms with van der Waals surface area (Å²) < 4.78 is 0. The summed E-state index contributed by atoms with van der Waals surface area (Å²) in [5, 5.41) is 3.27. The third kappa shape index (κ3) is 3.82. The Labute approximate surface area is 125 Å². The van der Waals surface area contributed by atoms with E-state index in [0.29, 0.717) is 5.82 Å². The first-order valence-electron chi connectivity index (χ1n) is 6.89. The maximum atomic E-state index is 5.46. The molecule has 0 atom stereocenters. The van der Waals surface area contributed by atoms with Gasteiger partial charge in [0.1, 0.15) is 17.5 Å². The van der Waals surface area contributed by atoms with Crippen LogP contribution < -0.4 is 21.5 Å². The molecule has 0 amide bonds. The first-order chi connectivity index (χ1) is 9.99. The Hall–Kier alpha value is -2.34. The third-order valence-electron chi connectivity index (χ3n) is 3.06. The molecule has 1 aromatic heterocycles. The second kappa shape index (κ2) is 6.41. The fourth-order valence-corrected chi connectivity index (χ4v) is 1.85. The number of hydrazine groups is 1. The van der Waals surface area contributed by atoms with Crippen LogP contribution in [0.5, 0.6) is 0 Å². The molecule has 0 aliphatic rings. The molecular weight excluding hydrogens is 264 g/mol. The lowest BCUT2D eigenvalue weighted by atomic mass is 10.2. The molecule has 112 valence electrons. The fraction of sp³-hybridized carbons (Fsp3) is 0.333. The van der Waals surface area contributed by atoms with Crippen molar-refractivity contribution in [3.8, 4) is 0 Å². The Morgan fingerprint density at radius 3 is 2.19 bits per heavy atom. The van der Waals surface area contributed by atoms with Crippen LogP contribution in [0.15, 0.2) is 30.3 Å². The first kappa shape index (κ1) is 15.1. The predicted octanol–water partition coefficient (Wildman–Crippen LogP) is 2.70. The average molecular weight is 286 g/mol. The number of nitrogen functional groups attached to an aromatic ring is 1. The molecule has 4 N–H and O–H groups in total. The molecule has 0 spiro atoms. The normalized spacial score (nSPS) is 10.6. The molecular formula is C15H22N6. The van der Waals surface area contributed by atoms with Gasteiger partial charge in [-0.05, 0) is 24.3 Å². The van der Waals surface area contributed by atoms with Crippen LogP contribution in [0.1, 0.15) is 25.6 Å². The number of rotatable bonds is 5. The number of nitrogens with one attached hydrogen (secondary N) is 2. The van der Waals surface area contributed by atoms with Crippen molar-refractivity contribution in [2.24, 2.45) is 5.84 Å². The van der Waals surface area contributed by atoms with Gasteiger partial charge in [-0.25, -0.2) is 15.8 Å². The lowest BCUT2D eigenvalue weighted by Crippen LogP contribution is -2.12. The average Bonchev–Trinajstić information content (AvgIpc) is 2.47. The van der Waals surface area contributed by atoms with Crippen LogP contribution in [-0.4, -0.2) is 24.1 Å². The van der Waals surface area contributed by atoms with Crippen molar-refractivity contribution in [2.75, 3.05) is 29.7 Å². The first-order valence-corrected chi connectivity index (χ1v) is 6.89. The Morgan fingerprint density at radius 2 is 1.67 bits per heavy atom. The van der Waals surface area contributed by atoms with Gasteiger partial charge in [0, 0.05) is 37.5 Å². The van der Waals surface area contributed by atoms with Crippen LogP contribution in [0.25, 0.3) is 0 Å². The zero-order chi connectivity index (χ0) is 15.4. The predicted molar refractivity (Wildman–Crippen MR) is 88.0 cm³/mol. The van der Waals surface area contributed by atoms with Crippen molar-refractivity contribution < 1.29 is 0 Å². The molecule has 6 heteroatoms. The molecule has 0 aliphatic carbocycles. The van der Waals surface area contributed by atoms with E-state index in [1.807, 2.05) is 40.1 Å². The molecule has 0 saturated carbocycles. The van der Waals surface area contributed by atoms with E-state index in [-0.39, 0.29) is 5.92 Å². The highest BCUT2D eigenvalue weighted by molar-refractivity contribution is 5.62. The van der Waals surface area contributed by atoms with Crippen LogP contribution >= 0.6 is 0 Å². The molecule has 0 fully saturated rings. The van der Waals surface area contributed by atoms with Crippen LogP contribution in [0.3, 0.4) is 0 Å². The van der Waals surface area contributed by atoms with Crippen molar-refractivity contribution in [2.45, 2.75) is 19.8 Å². The van der Waals surface area contributed by atoms with Crippen LogP contribution in [0.2, 0.25) is 0 Å². The summed E-state index contributed by atoms with van der Waals surface area (Å²) in [6, 6.07) is 9.92. The minimum atomic E-state index is 0.231. The van der Waals surface area contributed by atoms with Gasteiger partial charge in [0.2, 0.25) is 0 Å². The number of hydrogen-bond donors (Lipinski definition) is 3. The number of anilines is 4. The van der Waals surface area contributed by atoms with Crippen molar-refractivity contribution in [1.29, 1.82) is 0 Å². The van der Waals surface area contributed by atoms with Gasteiger partial charge in [-0.1, -0.05) is 13.8 Å². The number of nitrogens with two attached hydrogens (primary N) is 1. The summed E-state index contributed by atoms with van der Waals surface area (Å²) in [5.74, 6) is 7.76. The van der Waals surface area contributed by atoms with Crippen LogP contribution in [0, 0.1) is 0 Å². The maximum Gasteiger partial charge on any atom is 0.145 e. The summed E-state index contributed by atoms with van der Waals surface area (Å²) in [6.07, 6.45) is 0. The standard InChI is InChI=1S/C15H22N6/c1-10(2)15-18-13(9-14(19-15)20-16)17-11-5-7-12(8-6-11)21(3)4/h5-10H,16H2,1-4H3,(H2,17,18,19,20). The van der Waals surface area contributed by atoms with Crippen molar-refractivity contribution in [3.05, 3.63) is 36.2 Å². The third-order valence-corrected chi connectivity index (χ3v) is 3.06. The minimum absolute atomic E-state index is 0.231. The monoisotopic (exact) mass is 286 g/mol. The SMILES string of the molecule is CC(C)c1nc(NN)cc(Nc2ccc(N(C)C)cc2)n1. The number of nitrogens with zero attached hydrogens (tertiary/aromatic N) is 3. The molecule has 0 saturated heterocycles. The van der Waals surface area contributed by atoms with Gasteiger partial charge in [0.05, 0.1) is 0 Å². The topological polar surface area (TPSA) is 79.1 Å². The zero-order valence-corrected chi connectivity index (χ0v) is 12.9. The second-order valence-electron chi connectivity index (χ2n) is 5.36.